The number of benzene rings is 4. The van der Waals surface area contributed by atoms with E-state index in [1.807, 2.05) is 93.6 Å². The molecule has 4 aromatic carbocycles. The third-order valence-corrected chi connectivity index (χ3v) is 9.88. The Labute approximate surface area is 286 Å². The number of methoxy groups -OCH3 is 1. The van der Waals surface area contributed by atoms with E-state index >= 15 is 0 Å². The van der Waals surface area contributed by atoms with Crippen molar-refractivity contribution in [2.45, 2.75) is 33.4 Å². The van der Waals surface area contributed by atoms with E-state index in [-0.39, 0.29) is 11.5 Å². The highest BCUT2D eigenvalue weighted by atomic mass is 35.5. The van der Waals surface area contributed by atoms with Gasteiger partial charge in [0.1, 0.15) is 24.1 Å². The molecule has 1 aromatic heterocycles. The number of allylic oxidation sites excluding steroid dienone is 1. The molecular formula is C37H33Cl2N3O4S. The summed E-state index contributed by atoms with van der Waals surface area (Å²) < 4.78 is 14.0. The van der Waals surface area contributed by atoms with Crippen LogP contribution in [0, 0.1) is 0 Å². The van der Waals surface area contributed by atoms with Crippen molar-refractivity contribution < 1.29 is 14.3 Å². The maximum Gasteiger partial charge on any atom is 0.271 e. The second-order valence-electron chi connectivity index (χ2n) is 11.1. The van der Waals surface area contributed by atoms with E-state index in [0.29, 0.717) is 61.8 Å². The summed E-state index contributed by atoms with van der Waals surface area (Å²) in [5, 5.41) is 3.00. The molecule has 0 N–H and O–H groups in total. The zero-order valence-corrected chi connectivity index (χ0v) is 28.7. The fourth-order valence-corrected chi connectivity index (χ4v) is 7.41. The number of rotatable bonds is 9. The van der Waals surface area contributed by atoms with E-state index < -0.39 is 6.04 Å². The molecule has 1 atom stereocenters. The Morgan fingerprint density at radius 3 is 2.47 bits per heavy atom. The molecule has 6 rings (SSSR count). The highest BCUT2D eigenvalue weighted by molar-refractivity contribution is 7.07. The number of nitrogens with zero attached hydrogens (tertiary/aromatic N) is 3. The number of amides is 1. The van der Waals surface area contributed by atoms with Crippen molar-refractivity contribution >= 4 is 57.3 Å². The number of ether oxygens (including phenoxy) is 2. The van der Waals surface area contributed by atoms with Crippen molar-refractivity contribution in [3.05, 3.63) is 137 Å². The number of carbonyl (C=O) groups excluding carboxylic acids is 1. The molecular weight excluding hydrogens is 653 g/mol. The van der Waals surface area contributed by atoms with Gasteiger partial charge in [-0.1, -0.05) is 83.1 Å². The highest BCUT2D eigenvalue weighted by Crippen LogP contribution is 2.40. The van der Waals surface area contributed by atoms with Gasteiger partial charge < -0.3 is 14.4 Å². The SMILES string of the molecule is CCN(CC)C(=O)C1=C(C)N=c2s/c(=C/c3ccc(OCc4ccc(Cl)cc4Cl)cc3)c(=O)n2[C@H]1c1c(OC)ccc2ccccc12. The molecule has 0 aliphatic carbocycles. The predicted octanol–water partition coefficient (Wildman–Crippen LogP) is 7.15. The topological polar surface area (TPSA) is 73.1 Å². The highest BCUT2D eigenvalue weighted by Gasteiger charge is 2.36. The van der Waals surface area contributed by atoms with Gasteiger partial charge in [-0.2, -0.15) is 0 Å². The molecule has 47 heavy (non-hydrogen) atoms. The first-order valence-corrected chi connectivity index (χ1v) is 16.9. The molecule has 10 heteroatoms. The summed E-state index contributed by atoms with van der Waals surface area (Å²) in [5.74, 6) is 1.10. The molecule has 5 aromatic rings. The largest absolute Gasteiger partial charge is 0.496 e. The zero-order chi connectivity index (χ0) is 33.2. The Hall–Kier alpha value is -4.37. The quantitative estimate of drug-likeness (QED) is 0.165. The molecule has 2 heterocycles. The zero-order valence-electron chi connectivity index (χ0n) is 26.4. The summed E-state index contributed by atoms with van der Waals surface area (Å²) in [5.41, 5.74) is 3.21. The lowest BCUT2D eigenvalue weighted by molar-refractivity contribution is -0.127. The lowest BCUT2D eigenvalue weighted by atomic mass is 9.90. The minimum absolute atomic E-state index is 0.152. The number of thiazole rings is 1. The minimum Gasteiger partial charge on any atom is -0.496 e. The third kappa shape index (κ3) is 6.33. The average Bonchev–Trinajstić information content (AvgIpc) is 3.37. The van der Waals surface area contributed by atoms with Gasteiger partial charge in [0.05, 0.1) is 22.9 Å². The lowest BCUT2D eigenvalue weighted by Gasteiger charge is -2.30. The average molecular weight is 687 g/mol. The molecule has 0 fully saturated rings. The second-order valence-corrected chi connectivity index (χ2v) is 12.9. The van der Waals surface area contributed by atoms with Crippen LogP contribution >= 0.6 is 34.5 Å². The summed E-state index contributed by atoms with van der Waals surface area (Å²) in [6, 6.07) is 23.9. The van der Waals surface area contributed by atoms with Crippen LogP contribution in [0.3, 0.4) is 0 Å². The molecule has 0 unspecified atom stereocenters. The molecule has 0 radical (unpaired) electrons. The van der Waals surface area contributed by atoms with Gasteiger partial charge in [-0.15, -0.1) is 0 Å². The predicted molar refractivity (Wildman–Crippen MR) is 189 cm³/mol. The van der Waals surface area contributed by atoms with Crippen molar-refractivity contribution in [3.63, 3.8) is 0 Å². The minimum atomic E-state index is -0.738. The number of fused-ring (bicyclic) bond motifs is 2. The fraction of sp³-hybridized carbons (Fsp3) is 0.216. The van der Waals surface area contributed by atoms with Crippen molar-refractivity contribution in [2.24, 2.45) is 4.99 Å². The number of likely N-dealkylation sites (N-methyl/N-ethyl adjacent to an activating group) is 1. The van der Waals surface area contributed by atoms with Crippen LogP contribution < -0.4 is 24.4 Å². The van der Waals surface area contributed by atoms with Gasteiger partial charge >= 0.3 is 0 Å². The van der Waals surface area contributed by atoms with Gasteiger partial charge in [0.2, 0.25) is 0 Å². The number of hydrogen-bond acceptors (Lipinski definition) is 6. The molecule has 0 saturated carbocycles. The van der Waals surface area contributed by atoms with Crippen molar-refractivity contribution in [2.75, 3.05) is 20.2 Å². The van der Waals surface area contributed by atoms with E-state index in [0.717, 1.165) is 27.5 Å². The van der Waals surface area contributed by atoms with E-state index in [2.05, 4.69) is 0 Å². The number of carbonyl (C=O) groups is 1. The van der Waals surface area contributed by atoms with Crippen LogP contribution in [0.1, 0.15) is 43.5 Å². The van der Waals surface area contributed by atoms with Crippen LogP contribution in [-0.4, -0.2) is 35.6 Å². The fourth-order valence-electron chi connectivity index (χ4n) is 5.90. The Balaban J connectivity index is 1.44. The van der Waals surface area contributed by atoms with Crippen molar-refractivity contribution in [1.29, 1.82) is 0 Å². The van der Waals surface area contributed by atoms with Gasteiger partial charge in [-0.3, -0.25) is 14.2 Å². The van der Waals surface area contributed by atoms with Crippen LogP contribution in [0.15, 0.2) is 99.9 Å². The number of aromatic nitrogens is 1. The first-order valence-electron chi connectivity index (χ1n) is 15.3. The van der Waals surface area contributed by atoms with Gasteiger partial charge in [-0.25, -0.2) is 4.99 Å². The van der Waals surface area contributed by atoms with Crippen molar-refractivity contribution in [1.82, 2.24) is 9.47 Å². The summed E-state index contributed by atoms with van der Waals surface area (Å²) in [6.07, 6.45) is 1.84. The lowest BCUT2D eigenvalue weighted by Crippen LogP contribution is -2.43. The van der Waals surface area contributed by atoms with Crippen LogP contribution in [0.25, 0.3) is 16.8 Å². The summed E-state index contributed by atoms with van der Waals surface area (Å²) in [6.45, 7) is 7.09. The van der Waals surface area contributed by atoms with E-state index in [1.54, 1.807) is 28.7 Å². The van der Waals surface area contributed by atoms with Gasteiger partial charge in [0.25, 0.3) is 11.5 Å². The molecule has 0 saturated heterocycles. The first kappa shape index (κ1) is 32.6. The maximum atomic E-state index is 14.4. The Morgan fingerprint density at radius 2 is 1.77 bits per heavy atom. The smallest absolute Gasteiger partial charge is 0.271 e. The Kier molecular flexibility index (Phi) is 9.55. The summed E-state index contributed by atoms with van der Waals surface area (Å²) in [4.78, 5) is 35.6. The van der Waals surface area contributed by atoms with Gasteiger partial charge in [0.15, 0.2) is 4.80 Å². The second kappa shape index (κ2) is 13.8. The Morgan fingerprint density at radius 1 is 1.02 bits per heavy atom. The van der Waals surface area contributed by atoms with Crippen LogP contribution in [-0.2, 0) is 11.4 Å². The number of halogens is 2. The molecule has 7 nitrogen and oxygen atoms in total. The molecule has 0 spiro atoms. The monoisotopic (exact) mass is 685 g/mol. The molecule has 240 valence electrons. The first-order chi connectivity index (χ1) is 22.7. The van der Waals surface area contributed by atoms with Gasteiger partial charge in [-0.05, 0) is 73.5 Å². The summed E-state index contributed by atoms with van der Waals surface area (Å²) >= 11 is 13.6. The normalized spacial score (nSPS) is 14.6. The summed E-state index contributed by atoms with van der Waals surface area (Å²) in [7, 11) is 1.61. The molecule has 1 amide bonds. The van der Waals surface area contributed by atoms with E-state index in [9.17, 15) is 9.59 Å². The molecule has 0 bridgehead atoms. The third-order valence-electron chi connectivity index (χ3n) is 8.31. The van der Waals surface area contributed by atoms with E-state index in [1.165, 1.54) is 11.3 Å². The van der Waals surface area contributed by atoms with Crippen molar-refractivity contribution in [3.8, 4) is 11.5 Å². The van der Waals surface area contributed by atoms with Crippen LogP contribution in [0.5, 0.6) is 11.5 Å². The Bertz CT molecular complexity index is 2200. The number of hydrogen-bond donors (Lipinski definition) is 0. The van der Waals surface area contributed by atoms with Crippen LogP contribution in [0.2, 0.25) is 10.0 Å². The standard InChI is InChI=1S/C37H33Cl2N3O4S/c1-5-41(6-2)36(44)32-22(3)40-37-42(34(32)33-28-10-8-7-9-24(28)14-18-30(33)45-4)35(43)31(47-37)19-23-11-16-27(17-12-23)46-21-25-13-15-26(38)20-29(25)39/h7-20,34H,5-6,21H2,1-4H3/b31-19+/t34-/m1/s1. The van der Waals surface area contributed by atoms with Crippen LogP contribution in [0.4, 0.5) is 0 Å². The van der Waals surface area contributed by atoms with E-state index in [4.69, 9.17) is 37.7 Å². The molecule has 1 aliphatic heterocycles. The van der Waals surface area contributed by atoms with Gasteiger partial charge in [0, 0.05) is 34.3 Å². The molecule has 1 aliphatic rings. The maximum absolute atomic E-state index is 14.4.